The minimum Gasteiger partial charge on any atom is -0.292 e. The fourth-order valence-electron chi connectivity index (χ4n) is 6.69. The van der Waals surface area contributed by atoms with Crippen LogP contribution in [0.5, 0.6) is 0 Å². The van der Waals surface area contributed by atoms with E-state index in [1.165, 1.54) is 71.7 Å². The van der Waals surface area contributed by atoms with E-state index in [-0.39, 0.29) is 0 Å². The molecular formula is C33H20N2. The largest absolute Gasteiger partial charge is 0.292 e. The minimum absolute atomic E-state index is 0.991. The molecule has 2 aromatic heterocycles. The first kappa shape index (κ1) is 18.0. The van der Waals surface area contributed by atoms with Gasteiger partial charge in [0.25, 0.3) is 0 Å². The molecule has 0 atom stereocenters. The molecule has 0 amide bonds. The molecule has 2 heteroatoms. The summed E-state index contributed by atoms with van der Waals surface area (Å²) in [5.41, 5.74) is 15.6. The quantitative estimate of drug-likeness (QED) is 0.217. The van der Waals surface area contributed by atoms with Gasteiger partial charge in [0.05, 0.1) is 16.6 Å². The van der Waals surface area contributed by atoms with Crippen LogP contribution in [-0.4, -0.2) is 9.38 Å². The Balaban J connectivity index is 1.54. The first-order chi connectivity index (χ1) is 17.3. The fourth-order valence-corrected chi connectivity index (χ4v) is 6.69. The molecule has 162 valence electrons. The van der Waals surface area contributed by atoms with Gasteiger partial charge in [-0.1, -0.05) is 72.8 Å². The first-order valence-corrected chi connectivity index (χ1v) is 12.3. The van der Waals surface area contributed by atoms with Gasteiger partial charge in [-0.2, -0.15) is 0 Å². The standard InChI is InChI=1S/C33H20N2/c1-3-9-23-19(7-1)16-22-17-27-25-14-13-21-15-20-8-2-4-10-24(20)31(21)32(25)33-34-28-11-5-6-12-29(28)35(33)30(27)18-26(22)23/h1-14,17-18H,15-16H2. The van der Waals surface area contributed by atoms with Crippen molar-refractivity contribution in [2.45, 2.75) is 12.8 Å². The zero-order valence-electron chi connectivity index (χ0n) is 19.0. The highest BCUT2D eigenvalue weighted by Crippen LogP contribution is 2.47. The molecule has 0 spiro atoms. The first-order valence-electron chi connectivity index (χ1n) is 12.3. The molecule has 0 saturated heterocycles. The molecule has 9 rings (SSSR count). The van der Waals surface area contributed by atoms with Crippen LogP contribution in [0, 0.1) is 0 Å². The van der Waals surface area contributed by atoms with Gasteiger partial charge in [0.2, 0.25) is 0 Å². The average molecular weight is 445 g/mol. The lowest BCUT2D eigenvalue weighted by Gasteiger charge is -2.15. The van der Waals surface area contributed by atoms with E-state index in [1.807, 2.05) is 0 Å². The summed E-state index contributed by atoms with van der Waals surface area (Å²) in [5, 5.41) is 3.90. The van der Waals surface area contributed by atoms with E-state index >= 15 is 0 Å². The Morgan fingerprint density at radius 2 is 1.29 bits per heavy atom. The van der Waals surface area contributed by atoms with Crippen LogP contribution in [0.4, 0.5) is 0 Å². The molecular weight excluding hydrogens is 424 g/mol. The number of nitrogens with zero attached hydrogens (tertiary/aromatic N) is 2. The van der Waals surface area contributed by atoms with E-state index in [0.29, 0.717) is 0 Å². The van der Waals surface area contributed by atoms with Crippen LogP contribution < -0.4 is 0 Å². The number of imidazole rings is 1. The Kier molecular flexibility index (Phi) is 3.16. The summed E-state index contributed by atoms with van der Waals surface area (Å²) in [6, 6.07) is 35.8. The molecule has 0 fully saturated rings. The predicted molar refractivity (Wildman–Crippen MR) is 144 cm³/mol. The Labute approximate surface area is 202 Å². The monoisotopic (exact) mass is 444 g/mol. The van der Waals surface area contributed by atoms with Crippen LogP contribution in [0.1, 0.15) is 22.3 Å². The summed E-state index contributed by atoms with van der Waals surface area (Å²) in [5.74, 6) is 0. The van der Waals surface area contributed by atoms with E-state index in [9.17, 15) is 0 Å². The van der Waals surface area contributed by atoms with Gasteiger partial charge in [-0.15, -0.1) is 0 Å². The fraction of sp³-hybridized carbons (Fsp3) is 0.0606. The van der Waals surface area contributed by atoms with Crippen molar-refractivity contribution in [3.05, 3.63) is 119 Å². The van der Waals surface area contributed by atoms with Crippen molar-refractivity contribution in [2.24, 2.45) is 0 Å². The highest BCUT2D eigenvalue weighted by Gasteiger charge is 2.26. The third-order valence-electron chi connectivity index (χ3n) is 8.18. The lowest BCUT2D eigenvalue weighted by molar-refractivity contribution is 1.26. The maximum atomic E-state index is 5.24. The number of fused-ring (bicyclic) bond motifs is 15. The van der Waals surface area contributed by atoms with Gasteiger partial charge < -0.3 is 0 Å². The van der Waals surface area contributed by atoms with Gasteiger partial charge in [-0.25, -0.2) is 4.98 Å². The second-order valence-corrected chi connectivity index (χ2v) is 9.98. The van der Waals surface area contributed by atoms with Crippen molar-refractivity contribution in [3.63, 3.8) is 0 Å². The van der Waals surface area contributed by atoms with Crippen molar-refractivity contribution in [1.29, 1.82) is 0 Å². The maximum Gasteiger partial charge on any atom is 0.147 e. The summed E-state index contributed by atoms with van der Waals surface area (Å²) in [6.45, 7) is 0. The van der Waals surface area contributed by atoms with E-state index in [1.54, 1.807) is 0 Å². The van der Waals surface area contributed by atoms with E-state index in [4.69, 9.17) is 4.98 Å². The smallest absolute Gasteiger partial charge is 0.147 e. The van der Waals surface area contributed by atoms with Gasteiger partial charge in [-0.3, -0.25) is 4.40 Å². The number of rotatable bonds is 0. The Hall–Kier alpha value is -4.43. The Bertz CT molecular complexity index is 2060. The van der Waals surface area contributed by atoms with Gasteiger partial charge in [-0.05, 0) is 87.0 Å². The van der Waals surface area contributed by atoms with Crippen molar-refractivity contribution in [1.82, 2.24) is 9.38 Å². The lowest BCUT2D eigenvalue weighted by Crippen LogP contribution is -1.95. The van der Waals surface area contributed by atoms with Crippen LogP contribution in [0.25, 0.3) is 60.6 Å². The van der Waals surface area contributed by atoms with Gasteiger partial charge in [0, 0.05) is 10.8 Å². The molecule has 35 heavy (non-hydrogen) atoms. The number of benzene rings is 5. The molecule has 0 radical (unpaired) electrons. The predicted octanol–water partition coefficient (Wildman–Crippen LogP) is 7.94. The molecule has 0 bridgehead atoms. The molecule has 7 aromatic rings. The highest BCUT2D eigenvalue weighted by molar-refractivity contribution is 6.20. The minimum atomic E-state index is 0.991. The third kappa shape index (κ3) is 2.18. The van der Waals surface area contributed by atoms with E-state index < -0.39 is 0 Å². The van der Waals surface area contributed by atoms with Crippen molar-refractivity contribution in [3.8, 4) is 22.3 Å². The van der Waals surface area contributed by atoms with Gasteiger partial charge in [0.15, 0.2) is 0 Å². The van der Waals surface area contributed by atoms with E-state index in [0.717, 1.165) is 24.0 Å². The molecule has 0 unspecified atom stereocenters. The zero-order valence-corrected chi connectivity index (χ0v) is 19.0. The number of hydrogen-bond donors (Lipinski definition) is 0. The SMILES string of the molecule is c1ccc2c(c1)Cc1cc3c4ccc5c(c4c4nc6ccccc6n4c3cc1-2)-c1ccccc1C5. The van der Waals surface area contributed by atoms with Crippen LogP contribution in [0.3, 0.4) is 0 Å². The summed E-state index contributed by atoms with van der Waals surface area (Å²) in [6.07, 6.45) is 1.99. The van der Waals surface area contributed by atoms with Gasteiger partial charge >= 0.3 is 0 Å². The summed E-state index contributed by atoms with van der Waals surface area (Å²) < 4.78 is 2.41. The molecule has 0 aliphatic heterocycles. The van der Waals surface area contributed by atoms with Crippen LogP contribution in [0.2, 0.25) is 0 Å². The summed E-state index contributed by atoms with van der Waals surface area (Å²) in [7, 11) is 0. The normalized spacial score (nSPS) is 13.5. The Morgan fingerprint density at radius 1 is 0.543 bits per heavy atom. The number of pyridine rings is 1. The number of aromatic nitrogens is 2. The molecule has 2 aliphatic carbocycles. The lowest BCUT2D eigenvalue weighted by atomic mass is 9.94. The highest BCUT2D eigenvalue weighted by atomic mass is 15.0. The van der Waals surface area contributed by atoms with Crippen LogP contribution >= 0.6 is 0 Å². The number of para-hydroxylation sites is 2. The molecule has 0 saturated carbocycles. The van der Waals surface area contributed by atoms with Crippen LogP contribution in [0.15, 0.2) is 97.1 Å². The Morgan fingerprint density at radius 3 is 2.20 bits per heavy atom. The molecule has 5 aromatic carbocycles. The molecule has 2 heterocycles. The summed E-state index contributed by atoms with van der Waals surface area (Å²) in [4.78, 5) is 5.24. The summed E-state index contributed by atoms with van der Waals surface area (Å²) >= 11 is 0. The molecule has 2 nitrogen and oxygen atoms in total. The molecule has 2 aliphatic rings. The maximum absolute atomic E-state index is 5.24. The van der Waals surface area contributed by atoms with E-state index in [2.05, 4.69) is 101 Å². The topological polar surface area (TPSA) is 17.3 Å². The molecule has 0 N–H and O–H groups in total. The average Bonchev–Trinajstić information content (AvgIpc) is 3.58. The zero-order chi connectivity index (χ0) is 22.7. The van der Waals surface area contributed by atoms with Gasteiger partial charge in [0.1, 0.15) is 5.65 Å². The third-order valence-corrected chi connectivity index (χ3v) is 8.18. The van der Waals surface area contributed by atoms with Crippen molar-refractivity contribution < 1.29 is 0 Å². The number of hydrogen-bond acceptors (Lipinski definition) is 1. The van der Waals surface area contributed by atoms with Crippen molar-refractivity contribution in [2.75, 3.05) is 0 Å². The second kappa shape index (κ2) is 6.17. The second-order valence-electron chi connectivity index (χ2n) is 9.98. The van der Waals surface area contributed by atoms with Crippen LogP contribution in [-0.2, 0) is 12.8 Å². The van der Waals surface area contributed by atoms with Crippen molar-refractivity contribution >= 4 is 38.4 Å².